The highest BCUT2D eigenvalue weighted by atomic mass is 32.2. The number of methoxy groups -OCH3 is 1. The van der Waals surface area contributed by atoms with Crippen LogP contribution in [0.1, 0.15) is 58.4 Å². The molecule has 1 aromatic heterocycles. The predicted octanol–water partition coefficient (Wildman–Crippen LogP) is 4.44. The summed E-state index contributed by atoms with van der Waals surface area (Å²) in [5, 5.41) is 9.31. The summed E-state index contributed by atoms with van der Waals surface area (Å²) in [6, 6.07) is 9.64. The zero-order chi connectivity index (χ0) is 33.4. The van der Waals surface area contributed by atoms with Gasteiger partial charge in [0, 0.05) is 31.8 Å². The molecule has 0 radical (unpaired) electrons. The lowest BCUT2D eigenvalue weighted by Crippen LogP contribution is -2.43. The molecule has 2 aromatic carbocycles. The number of aromatic nitrogens is 2. The van der Waals surface area contributed by atoms with E-state index in [4.69, 9.17) is 4.74 Å². The summed E-state index contributed by atoms with van der Waals surface area (Å²) in [6.07, 6.45) is 4.31. The average Bonchev–Trinajstić information content (AvgIpc) is 3.34. The van der Waals surface area contributed by atoms with Crippen LogP contribution in [0.3, 0.4) is 0 Å². The lowest BCUT2D eigenvalue weighted by Gasteiger charge is -2.30. The van der Waals surface area contributed by atoms with Gasteiger partial charge in [0.2, 0.25) is 16.0 Å². The number of fused-ring (bicyclic) bond motifs is 1. The first-order valence-electron chi connectivity index (χ1n) is 15.1. The van der Waals surface area contributed by atoms with E-state index in [9.17, 15) is 22.0 Å². The molecule has 2 atom stereocenters. The van der Waals surface area contributed by atoms with Gasteiger partial charge in [-0.3, -0.25) is 4.79 Å². The summed E-state index contributed by atoms with van der Waals surface area (Å²) in [4.78, 5) is 24.0. The number of nitrogens with one attached hydrogen (secondary N) is 3. The summed E-state index contributed by atoms with van der Waals surface area (Å²) < 4.78 is 61.7. The Hall–Kier alpha value is -3.88. The quantitative estimate of drug-likeness (QED) is 0.290. The smallest absolute Gasteiger partial charge is 0.275 e. The number of likely N-dealkylation sites (tertiary alicyclic amines) is 1. The molecule has 46 heavy (non-hydrogen) atoms. The molecular formula is C32H41F2N7O4S. The van der Waals surface area contributed by atoms with E-state index >= 15 is 0 Å². The second-order valence-electron chi connectivity index (χ2n) is 12.3. The van der Waals surface area contributed by atoms with Crippen LogP contribution < -0.4 is 20.7 Å². The highest BCUT2D eigenvalue weighted by molar-refractivity contribution is 7.88. The number of amides is 1. The van der Waals surface area contributed by atoms with E-state index in [1.165, 1.54) is 18.5 Å². The maximum atomic E-state index is 14.8. The van der Waals surface area contributed by atoms with Gasteiger partial charge in [-0.15, -0.1) is 0 Å². The normalized spacial score (nSPS) is 19.2. The SMILES string of the molecule is COc1cc(C(=O)NC2CCN(C)CC2)c(C)cc1Nc1ncc(C(C)(F)F)c(NC2Cc3ccccc3C2N(C)S(C)(=O)=O)n1. The van der Waals surface area contributed by atoms with E-state index in [1.807, 2.05) is 24.3 Å². The Balaban J connectivity index is 1.43. The second kappa shape index (κ2) is 13.1. The number of piperidine rings is 1. The van der Waals surface area contributed by atoms with Crippen LogP contribution in [0.5, 0.6) is 5.75 Å². The van der Waals surface area contributed by atoms with Gasteiger partial charge in [-0.2, -0.15) is 9.29 Å². The van der Waals surface area contributed by atoms with Crippen molar-refractivity contribution < 1.29 is 26.7 Å². The molecule has 0 bridgehead atoms. The third-order valence-electron chi connectivity index (χ3n) is 8.78. The van der Waals surface area contributed by atoms with Crippen molar-refractivity contribution in [1.29, 1.82) is 0 Å². The Morgan fingerprint density at radius 2 is 1.87 bits per heavy atom. The molecule has 1 aliphatic carbocycles. The van der Waals surface area contributed by atoms with Gasteiger partial charge in [-0.05, 0) is 75.1 Å². The van der Waals surface area contributed by atoms with Crippen molar-refractivity contribution in [2.75, 3.05) is 51.2 Å². The fraction of sp³-hybridized carbons (Fsp3) is 0.469. The van der Waals surface area contributed by atoms with Crippen LogP contribution in [-0.2, 0) is 22.4 Å². The Labute approximate surface area is 268 Å². The van der Waals surface area contributed by atoms with Crippen LogP contribution in [0.2, 0.25) is 0 Å². The van der Waals surface area contributed by atoms with Crippen molar-refractivity contribution in [3.63, 3.8) is 0 Å². The fourth-order valence-corrected chi connectivity index (χ4v) is 6.82. The molecule has 2 unspecified atom stereocenters. The summed E-state index contributed by atoms with van der Waals surface area (Å²) in [6.45, 7) is 4.39. The second-order valence-corrected chi connectivity index (χ2v) is 14.3. The Bertz CT molecular complexity index is 1710. The number of likely N-dealkylation sites (N-methyl/N-ethyl adjacent to an activating group) is 1. The van der Waals surface area contributed by atoms with Crippen LogP contribution in [0, 0.1) is 6.92 Å². The number of hydrogen-bond donors (Lipinski definition) is 3. The van der Waals surface area contributed by atoms with Crippen molar-refractivity contribution in [2.45, 2.75) is 57.2 Å². The number of aryl methyl sites for hydroxylation is 1. The minimum atomic E-state index is -3.62. The molecule has 5 rings (SSSR count). The summed E-state index contributed by atoms with van der Waals surface area (Å²) in [5.41, 5.74) is 2.87. The highest BCUT2D eigenvalue weighted by Gasteiger charge is 2.40. The fourth-order valence-electron chi connectivity index (χ4n) is 6.14. The molecular weight excluding hydrogens is 616 g/mol. The standard InChI is InChI=1S/C32H41F2N7O4S/c1-19-15-25(27(45-5)17-23(19)30(42)36-21-11-13-40(3)14-12-21)38-31-35-18-24(32(2,33)34)29(39-31)37-26-16-20-9-7-8-10-22(20)28(26)41(4)46(6,43)44/h7-10,15,17-18,21,26,28H,11-14,16H2,1-6H3,(H,36,42)(H2,35,37,38,39). The van der Waals surface area contributed by atoms with Crippen molar-refractivity contribution in [1.82, 2.24) is 24.5 Å². The molecule has 0 spiro atoms. The molecule has 248 valence electrons. The van der Waals surface area contributed by atoms with E-state index < -0.39 is 33.6 Å². The maximum absolute atomic E-state index is 14.8. The van der Waals surface area contributed by atoms with Crippen LogP contribution in [0.15, 0.2) is 42.6 Å². The molecule has 2 heterocycles. The number of alkyl halides is 2. The number of halogens is 2. The van der Waals surface area contributed by atoms with Gasteiger partial charge in [-0.1, -0.05) is 24.3 Å². The average molecular weight is 658 g/mol. The predicted molar refractivity (Wildman–Crippen MR) is 174 cm³/mol. The van der Waals surface area contributed by atoms with Gasteiger partial charge in [0.25, 0.3) is 11.8 Å². The van der Waals surface area contributed by atoms with Crippen molar-refractivity contribution in [3.05, 3.63) is 70.4 Å². The number of rotatable bonds is 10. The van der Waals surface area contributed by atoms with Gasteiger partial charge < -0.3 is 25.6 Å². The minimum absolute atomic E-state index is 0.0141. The number of carbonyl (C=O) groups is 1. The Kier molecular flexibility index (Phi) is 9.52. The van der Waals surface area contributed by atoms with E-state index in [-0.39, 0.29) is 23.7 Å². The van der Waals surface area contributed by atoms with Gasteiger partial charge in [0.15, 0.2) is 0 Å². The number of benzene rings is 2. The van der Waals surface area contributed by atoms with Crippen molar-refractivity contribution in [3.8, 4) is 5.75 Å². The van der Waals surface area contributed by atoms with E-state index in [0.29, 0.717) is 29.0 Å². The third kappa shape index (κ3) is 7.24. The highest BCUT2D eigenvalue weighted by Crippen LogP contribution is 2.40. The molecule has 3 aromatic rings. The van der Waals surface area contributed by atoms with Gasteiger partial charge in [0.05, 0.1) is 36.7 Å². The van der Waals surface area contributed by atoms with Crippen molar-refractivity contribution >= 4 is 33.4 Å². The Morgan fingerprint density at radius 3 is 2.52 bits per heavy atom. The number of anilines is 3. The van der Waals surface area contributed by atoms with E-state index in [1.54, 1.807) is 19.1 Å². The lowest BCUT2D eigenvalue weighted by atomic mass is 10.0. The number of carbonyl (C=O) groups excluding carboxylic acids is 1. The summed E-state index contributed by atoms with van der Waals surface area (Å²) >= 11 is 0. The number of sulfonamides is 1. The molecule has 1 amide bonds. The monoisotopic (exact) mass is 657 g/mol. The van der Waals surface area contributed by atoms with Crippen molar-refractivity contribution in [2.24, 2.45) is 0 Å². The van der Waals surface area contributed by atoms with Gasteiger partial charge >= 0.3 is 0 Å². The molecule has 1 aliphatic heterocycles. The number of hydrogen-bond acceptors (Lipinski definition) is 9. The van der Waals surface area contributed by atoms with Crippen LogP contribution >= 0.6 is 0 Å². The summed E-state index contributed by atoms with van der Waals surface area (Å²) in [7, 11) is 1.39. The molecule has 11 nitrogen and oxygen atoms in total. The summed E-state index contributed by atoms with van der Waals surface area (Å²) in [5.74, 6) is -3.25. The first kappa shape index (κ1) is 33.5. The number of nitrogens with zero attached hydrogens (tertiary/aromatic N) is 4. The van der Waals surface area contributed by atoms with Crippen LogP contribution in [0.4, 0.5) is 26.2 Å². The Morgan fingerprint density at radius 1 is 1.17 bits per heavy atom. The first-order chi connectivity index (χ1) is 21.7. The van der Waals surface area contributed by atoms with Crippen LogP contribution in [-0.4, -0.2) is 86.1 Å². The topological polar surface area (TPSA) is 129 Å². The van der Waals surface area contributed by atoms with Crippen LogP contribution in [0.25, 0.3) is 0 Å². The minimum Gasteiger partial charge on any atom is -0.495 e. The third-order valence-corrected chi connectivity index (χ3v) is 10.1. The lowest BCUT2D eigenvalue weighted by molar-refractivity contribution is 0.0175. The van der Waals surface area contributed by atoms with Gasteiger partial charge in [0.1, 0.15) is 11.6 Å². The van der Waals surface area contributed by atoms with E-state index in [0.717, 1.165) is 56.4 Å². The molecule has 0 saturated carbocycles. The zero-order valence-electron chi connectivity index (χ0n) is 26.9. The molecule has 3 N–H and O–H groups in total. The zero-order valence-corrected chi connectivity index (χ0v) is 27.7. The maximum Gasteiger partial charge on any atom is 0.275 e. The molecule has 14 heteroatoms. The van der Waals surface area contributed by atoms with Gasteiger partial charge in [-0.25, -0.2) is 22.2 Å². The molecule has 1 fully saturated rings. The largest absolute Gasteiger partial charge is 0.495 e. The first-order valence-corrected chi connectivity index (χ1v) is 17.0. The molecule has 2 aliphatic rings. The van der Waals surface area contributed by atoms with E-state index in [2.05, 4.69) is 37.9 Å². The number of ether oxygens (including phenoxy) is 1. The molecule has 1 saturated heterocycles.